The lowest BCUT2D eigenvalue weighted by molar-refractivity contribution is 0.0699. The van der Waals surface area contributed by atoms with E-state index in [-0.39, 0.29) is 11.3 Å². The van der Waals surface area contributed by atoms with Crippen LogP contribution in [0.3, 0.4) is 0 Å². The van der Waals surface area contributed by atoms with Gasteiger partial charge < -0.3 is 10.2 Å². The normalized spacial score (nSPS) is 10.6. The molecule has 0 saturated heterocycles. The van der Waals surface area contributed by atoms with E-state index in [1.165, 1.54) is 12.1 Å². The Kier molecular flexibility index (Phi) is 2.84. The van der Waals surface area contributed by atoms with Gasteiger partial charge in [-0.25, -0.2) is 9.78 Å². The lowest BCUT2D eigenvalue weighted by Crippen LogP contribution is -2.00. The van der Waals surface area contributed by atoms with E-state index in [1.54, 1.807) is 12.1 Å². The first-order valence-electron chi connectivity index (χ1n) is 6.08. The average molecular weight is 265 g/mol. The number of benzene rings is 2. The molecule has 0 aliphatic rings. The molecule has 20 heavy (non-hydrogen) atoms. The number of phenolic OH excluding ortho intramolecular Hbond substituents is 1. The highest BCUT2D eigenvalue weighted by Gasteiger charge is 2.14. The number of pyridine rings is 1. The standard InChI is InChI=1S/C16H11NO3/c18-14-8-4-7-11-12(16(19)20)9-13(17-15(11)14)10-5-2-1-3-6-10/h1-9,18H,(H,19,20). The zero-order valence-corrected chi connectivity index (χ0v) is 10.4. The fourth-order valence-corrected chi connectivity index (χ4v) is 2.17. The summed E-state index contributed by atoms with van der Waals surface area (Å²) in [5, 5.41) is 19.7. The Morgan fingerprint density at radius 2 is 1.75 bits per heavy atom. The number of aromatic hydroxyl groups is 1. The molecule has 2 N–H and O–H groups in total. The van der Waals surface area contributed by atoms with Crippen molar-refractivity contribution in [1.29, 1.82) is 0 Å². The smallest absolute Gasteiger partial charge is 0.336 e. The maximum Gasteiger partial charge on any atom is 0.336 e. The Labute approximate surface area is 115 Å². The van der Waals surface area contributed by atoms with E-state index in [1.807, 2.05) is 30.3 Å². The lowest BCUT2D eigenvalue weighted by atomic mass is 10.0. The summed E-state index contributed by atoms with van der Waals surface area (Å²) in [6.45, 7) is 0. The van der Waals surface area contributed by atoms with Crippen LogP contribution in [0, 0.1) is 0 Å². The molecule has 4 heteroatoms. The maximum atomic E-state index is 11.4. The molecule has 3 rings (SSSR count). The van der Waals surface area contributed by atoms with Gasteiger partial charge in [-0.3, -0.25) is 0 Å². The van der Waals surface area contributed by atoms with Gasteiger partial charge in [0.2, 0.25) is 0 Å². The molecule has 98 valence electrons. The number of hydrogen-bond donors (Lipinski definition) is 2. The molecule has 0 amide bonds. The van der Waals surface area contributed by atoms with Gasteiger partial charge in [0.05, 0.1) is 11.3 Å². The summed E-state index contributed by atoms with van der Waals surface area (Å²) < 4.78 is 0. The van der Waals surface area contributed by atoms with E-state index in [0.717, 1.165) is 5.56 Å². The fraction of sp³-hybridized carbons (Fsp3) is 0. The molecule has 0 spiro atoms. The van der Waals surface area contributed by atoms with Crippen LogP contribution in [0.25, 0.3) is 22.2 Å². The number of carboxylic acid groups (broad SMARTS) is 1. The molecule has 0 radical (unpaired) electrons. The minimum atomic E-state index is -1.04. The fourth-order valence-electron chi connectivity index (χ4n) is 2.17. The predicted molar refractivity (Wildman–Crippen MR) is 75.8 cm³/mol. The topological polar surface area (TPSA) is 70.4 Å². The van der Waals surface area contributed by atoms with Crippen molar-refractivity contribution in [2.45, 2.75) is 0 Å². The minimum Gasteiger partial charge on any atom is -0.506 e. The van der Waals surface area contributed by atoms with Crippen LogP contribution in [0.1, 0.15) is 10.4 Å². The van der Waals surface area contributed by atoms with E-state index in [2.05, 4.69) is 4.98 Å². The number of nitrogens with zero attached hydrogens (tertiary/aromatic N) is 1. The van der Waals surface area contributed by atoms with Gasteiger partial charge in [-0.1, -0.05) is 42.5 Å². The van der Waals surface area contributed by atoms with Gasteiger partial charge >= 0.3 is 5.97 Å². The molecule has 0 fully saturated rings. The van der Waals surface area contributed by atoms with Gasteiger partial charge in [0.15, 0.2) is 0 Å². The van der Waals surface area contributed by atoms with Crippen molar-refractivity contribution in [3.05, 3.63) is 60.2 Å². The van der Waals surface area contributed by atoms with Gasteiger partial charge in [0.25, 0.3) is 0 Å². The first kappa shape index (κ1) is 12.2. The molecule has 3 aromatic rings. The molecular formula is C16H11NO3. The van der Waals surface area contributed by atoms with Crippen LogP contribution >= 0.6 is 0 Å². The Bertz CT molecular complexity index is 797. The van der Waals surface area contributed by atoms with Gasteiger partial charge in [0.1, 0.15) is 11.3 Å². The van der Waals surface area contributed by atoms with E-state index in [0.29, 0.717) is 16.6 Å². The molecule has 0 aliphatic heterocycles. The van der Waals surface area contributed by atoms with E-state index in [9.17, 15) is 15.0 Å². The number of carbonyl (C=O) groups is 1. The predicted octanol–water partition coefficient (Wildman–Crippen LogP) is 3.31. The molecule has 1 heterocycles. The summed E-state index contributed by atoms with van der Waals surface area (Å²) in [7, 11) is 0. The number of phenols is 1. The number of hydrogen-bond acceptors (Lipinski definition) is 3. The molecule has 0 saturated carbocycles. The van der Waals surface area contributed by atoms with Crippen molar-refractivity contribution >= 4 is 16.9 Å². The van der Waals surface area contributed by atoms with Gasteiger partial charge in [0, 0.05) is 10.9 Å². The van der Waals surface area contributed by atoms with Crippen molar-refractivity contribution in [3.63, 3.8) is 0 Å². The summed E-state index contributed by atoms with van der Waals surface area (Å²) in [6, 6.07) is 15.5. The third kappa shape index (κ3) is 1.97. The highest BCUT2D eigenvalue weighted by Crippen LogP contribution is 2.29. The molecule has 1 aromatic heterocycles. The van der Waals surface area contributed by atoms with Gasteiger partial charge in [-0.2, -0.15) is 0 Å². The Balaban J connectivity index is 2.36. The van der Waals surface area contributed by atoms with Crippen LogP contribution in [0.4, 0.5) is 0 Å². The second-order valence-corrected chi connectivity index (χ2v) is 4.40. The first-order valence-corrected chi connectivity index (χ1v) is 6.08. The quantitative estimate of drug-likeness (QED) is 0.745. The largest absolute Gasteiger partial charge is 0.506 e. The van der Waals surface area contributed by atoms with Crippen molar-refractivity contribution in [2.75, 3.05) is 0 Å². The number of rotatable bonds is 2. The van der Waals surface area contributed by atoms with E-state index < -0.39 is 5.97 Å². The molecule has 4 nitrogen and oxygen atoms in total. The van der Waals surface area contributed by atoms with Crippen LogP contribution in [-0.4, -0.2) is 21.2 Å². The highest BCUT2D eigenvalue weighted by molar-refractivity contribution is 6.05. The van der Waals surface area contributed by atoms with Gasteiger partial charge in [-0.15, -0.1) is 0 Å². The van der Waals surface area contributed by atoms with Crippen LogP contribution < -0.4 is 0 Å². The molecule has 0 atom stereocenters. The van der Waals surface area contributed by atoms with Crippen molar-refractivity contribution in [3.8, 4) is 17.0 Å². The second kappa shape index (κ2) is 4.66. The number of para-hydroxylation sites is 1. The van der Waals surface area contributed by atoms with Crippen LogP contribution in [0.2, 0.25) is 0 Å². The summed E-state index contributed by atoms with van der Waals surface area (Å²) in [5.41, 5.74) is 1.76. The van der Waals surface area contributed by atoms with Crippen LogP contribution in [-0.2, 0) is 0 Å². The summed E-state index contributed by atoms with van der Waals surface area (Å²) in [5.74, 6) is -1.07. The SMILES string of the molecule is O=C(O)c1cc(-c2ccccc2)nc2c(O)cccc12. The van der Waals surface area contributed by atoms with Gasteiger partial charge in [-0.05, 0) is 12.1 Å². The number of fused-ring (bicyclic) bond motifs is 1. The number of carboxylic acids is 1. The van der Waals surface area contributed by atoms with Crippen molar-refractivity contribution in [1.82, 2.24) is 4.98 Å². The van der Waals surface area contributed by atoms with Crippen LogP contribution in [0.15, 0.2) is 54.6 Å². The molecule has 2 aromatic carbocycles. The van der Waals surface area contributed by atoms with Crippen molar-refractivity contribution < 1.29 is 15.0 Å². The zero-order chi connectivity index (χ0) is 14.1. The number of aromatic nitrogens is 1. The zero-order valence-electron chi connectivity index (χ0n) is 10.4. The first-order chi connectivity index (χ1) is 9.66. The second-order valence-electron chi connectivity index (χ2n) is 4.40. The summed E-state index contributed by atoms with van der Waals surface area (Å²) in [6.07, 6.45) is 0. The minimum absolute atomic E-state index is 0.0252. The molecule has 0 bridgehead atoms. The maximum absolute atomic E-state index is 11.4. The summed E-state index contributed by atoms with van der Waals surface area (Å²) in [4.78, 5) is 15.8. The Hall–Kier alpha value is -2.88. The van der Waals surface area contributed by atoms with E-state index in [4.69, 9.17) is 0 Å². The van der Waals surface area contributed by atoms with Crippen molar-refractivity contribution in [2.24, 2.45) is 0 Å². The monoisotopic (exact) mass is 265 g/mol. The molecule has 0 unspecified atom stereocenters. The highest BCUT2D eigenvalue weighted by atomic mass is 16.4. The molecule has 0 aliphatic carbocycles. The Morgan fingerprint density at radius 3 is 2.45 bits per heavy atom. The molecular weight excluding hydrogens is 254 g/mol. The van der Waals surface area contributed by atoms with Crippen LogP contribution in [0.5, 0.6) is 5.75 Å². The third-order valence-electron chi connectivity index (χ3n) is 3.12. The summed E-state index contributed by atoms with van der Waals surface area (Å²) >= 11 is 0. The average Bonchev–Trinajstić information content (AvgIpc) is 2.47. The third-order valence-corrected chi connectivity index (χ3v) is 3.12. The Morgan fingerprint density at radius 1 is 1.00 bits per heavy atom. The lowest BCUT2D eigenvalue weighted by Gasteiger charge is -2.08. The van der Waals surface area contributed by atoms with E-state index >= 15 is 0 Å². The number of aromatic carboxylic acids is 1.